The van der Waals surface area contributed by atoms with Crippen LogP contribution in [0, 0.1) is 0 Å². The summed E-state index contributed by atoms with van der Waals surface area (Å²) in [5, 5.41) is 8.88. The van der Waals surface area contributed by atoms with Gasteiger partial charge in [0, 0.05) is 17.7 Å². The highest BCUT2D eigenvalue weighted by Crippen LogP contribution is 2.31. The summed E-state index contributed by atoms with van der Waals surface area (Å²) in [6, 6.07) is 0.551. The number of hydrogen-bond donors (Lipinski definition) is 1. The van der Waals surface area contributed by atoms with Crippen LogP contribution in [0.3, 0.4) is 0 Å². The van der Waals surface area contributed by atoms with E-state index in [1.54, 1.807) is 0 Å². The Balaban J connectivity index is 2.60. The fourth-order valence-corrected chi connectivity index (χ4v) is 1.67. The molecule has 0 aromatic carbocycles. The van der Waals surface area contributed by atoms with Gasteiger partial charge in [0.25, 0.3) is 0 Å². The van der Waals surface area contributed by atoms with Crippen LogP contribution in [0.15, 0.2) is 6.07 Å². The highest BCUT2D eigenvalue weighted by Gasteiger charge is 2.35. The predicted molar refractivity (Wildman–Crippen MR) is 49.6 cm³/mol. The number of halogens is 3. The van der Waals surface area contributed by atoms with Crippen LogP contribution < -0.4 is 0 Å². The average Bonchev–Trinajstić information content (AvgIpc) is 2.26. The fourth-order valence-electron chi connectivity index (χ4n) is 1.67. The van der Waals surface area contributed by atoms with Gasteiger partial charge in [0.2, 0.25) is 0 Å². The number of hydrogen-bond acceptors (Lipinski definition) is 3. The van der Waals surface area contributed by atoms with Crippen molar-refractivity contribution in [2.45, 2.75) is 19.2 Å². The van der Waals surface area contributed by atoms with Crippen LogP contribution in [0.1, 0.15) is 27.3 Å². The van der Waals surface area contributed by atoms with Crippen LogP contribution in [-0.2, 0) is 23.9 Å². The molecule has 0 spiro atoms. The maximum Gasteiger partial charge on any atom is 0.433 e. The number of fused-ring (bicyclic) bond motifs is 1. The Hall–Kier alpha value is -1.63. The van der Waals surface area contributed by atoms with E-state index in [9.17, 15) is 18.0 Å². The molecule has 1 aliphatic rings. The molecule has 17 heavy (non-hydrogen) atoms. The lowest BCUT2D eigenvalue weighted by atomic mass is 10.0. The Bertz CT molecular complexity index is 471. The molecular weight excluding hydrogens is 239 g/mol. The van der Waals surface area contributed by atoms with Gasteiger partial charge in [-0.25, -0.2) is 9.78 Å². The standard InChI is InChI=1S/C10H8F3NO3/c11-10(12,13)8-3-5(9(15)16)6-4-17-2-1-7(6)14-8/h3H,1-2,4H2,(H,15,16). The summed E-state index contributed by atoms with van der Waals surface area (Å²) in [5.41, 5.74) is -1.17. The molecule has 1 aromatic rings. The van der Waals surface area contributed by atoms with Crippen LogP contribution in [0.25, 0.3) is 0 Å². The largest absolute Gasteiger partial charge is 0.478 e. The van der Waals surface area contributed by atoms with E-state index < -0.39 is 17.8 Å². The second kappa shape index (κ2) is 3.99. The van der Waals surface area contributed by atoms with E-state index in [1.165, 1.54) is 0 Å². The molecular formula is C10H8F3NO3. The summed E-state index contributed by atoms with van der Waals surface area (Å²) in [4.78, 5) is 14.4. The third kappa shape index (κ3) is 2.23. The Morgan fingerprint density at radius 3 is 2.76 bits per heavy atom. The van der Waals surface area contributed by atoms with Gasteiger partial charge in [-0.15, -0.1) is 0 Å². The molecule has 2 rings (SSSR count). The summed E-state index contributed by atoms with van der Waals surface area (Å²) in [6.07, 6.45) is -4.45. The van der Waals surface area contributed by atoms with E-state index in [2.05, 4.69) is 4.98 Å². The van der Waals surface area contributed by atoms with Crippen molar-refractivity contribution in [3.8, 4) is 0 Å². The van der Waals surface area contributed by atoms with Crippen LogP contribution in [0.2, 0.25) is 0 Å². The summed E-state index contributed by atoms with van der Waals surface area (Å²) in [7, 11) is 0. The molecule has 0 radical (unpaired) electrons. The third-order valence-corrected chi connectivity index (χ3v) is 2.46. The number of nitrogens with zero attached hydrogens (tertiary/aromatic N) is 1. The summed E-state index contributed by atoms with van der Waals surface area (Å²) in [6.45, 7) is 0.239. The van der Waals surface area contributed by atoms with Crippen molar-refractivity contribution in [3.05, 3.63) is 28.6 Å². The molecule has 0 fully saturated rings. The average molecular weight is 247 g/mol. The number of rotatable bonds is 1. The predicted octanol–water partition coefficient (Wildman–Crippen LogP) is 1.87. The van der Waals surface area contributed by atoms with Gasteiger partial charge in [-0.3, -0.25) is 0 Å². The highest BCUT2D eigenvalue weighted by atomic mass is 19.4. The first-order chi connectivity index (χ1) is 7.89. The van der Waals surface area contributed by atoms with Crippen molar-refractivity contribution >= 4 is 5.97 Å². The van der Waals surface area contributed by atoms with Gasteiger partial charge < -0.3 is 9.84 Å². The number of aromatic carboxylic acids is 1. The lowest BCUT2D eigenvalue weighted by Crippen LogP contribution is -2.20. The van der Waals surface area contributed by atoms with Gasteiger partial charge in [0.05, 0.1) is 18.8 Å². The minimum Gasteiger partial charge on any atom is -0.478 e. The van der Waals surface area contributed by atoms with Crippen molar-refractivity contribution in [3.63, 3.8) is 0 Å². The van der Waals surface area contributed by atoms with Gasteiger partial charge in [-0.2, -0.15) is 13.2 Å². The number of alkyl halides is 3. The van der Waals surface area contributed by atoms with E-state index in [1.807, 2.05) is 0 Å². The Labute approximate surface area is 94.0 Å². The molecule has 92 valence electrons. The molecule has 0 saturated carbocycles. The molecule has 0 unspecified atom stereocenters. The van der Waals surface area contributed by atoms with E-state index in [-0.39, 0.29) is 36.5 Å². The zero-order valence-electron chi connectivity index (χ0n) is 8.54. The topological polar surface area (TPSA) is 59.4 Å². The SMILES string of the molecule is O=C(O)c1cc(C(F)(F)F)nc2c1COCC2. The smallest absolute Gasteiger partial charge is 0.433 e. The normalized spacial score (nSPS) is 15.5. The minimum atomic E-state index is -4.64. The number of carboxylic acids is 1. The van der Waals surface area contributed by atoms with E-state index >= 15 is 0 Å². The second-order valence-corrected chi connectivity index (χ2v) is 3.59. The summed E-state index contributed by atoms with van der Waals surface area (Å²) >= 11 is 0. The zero-order valence-corrected chi connectivity index (χ0v) is 8.54. The van der Waals surface area contributed by atoms with Gasteiger partial charge in [-0.1, -0.05) is 0 Å². The third-order valence-electron chi connectivity index (χ3n) is 2.46. The van der Waals surface area contributed by atoms with Crippen molar-refractivity contribution in [2.75, 3.05) is 6.61 Å². The minimum absolute atomic E-state index is 0.0118. The molecule has 1 N–H and O–H groups in total. The molecule has 1 aliphatic heterocycles. The molecule has 4 nitrogen and oxygen atoms in total. The summed E-state index contributed by atoms with van der Waals surface area (Å²) < 4.78 is 42.6. The Kier molecular flexibility index (Phi) is 2.78. The number of ether oxygens (including phenoxy) is 1. The first-order valence-electron chi connectivity index (χ1n) is 4.80. The first kappa shape index (κ1) is 11.8. The van der Waals surface area contributed by atoms with Crippen LogP contribution in [0.4, 0.5) is 13.2 Å². The molecule has 0 bridgehead atoms. The lowest BCUT2D eigenvalue weighted by Gasteiger charge is -2.19. The van der Waals surface area contributed by atoms with Gasteiger partial charge in [-0.05, 0) is 6.07 Å². The van der Waals surface area contributed by atoms with Crippen LogP contribution in [0.5, 0.6) is 0 Å². The van der Waals surface area contributed by atoms with Crippen LogP contribution in [-0.4, -0.2) is 22.7 Å². The van der Waals surface area contributed by atoms with Crippen molar-refractivity contribution in [1.82, 2.24) is 4.98 Å². The molecule has 0 atom stereocenters. The van der Waals surface area contributed by atoms with Gasteiger partial charge in [0.1, 0.15) is 5.69 Å². The van der Waals surface area contributed by atoms with Crippen LogP contribution >= 0.6 is 0 Å². The maximum absolute atomic E-state index is 12.5. The molecule has 0 saturated heterocycles. The molecule has 0 amide bonds. The lowest BCUT2D eigenvalue weighted by molar-refractivity contribution is -0.141. The van der Waals surface area contributed by atoms with E-state index in [0.29, 0.717) is 6.07 Å². The van der Waals surface area contributed by atoms with Crippen molar-refractivity contribution in [1.29, 1.82) is 0 Å². The molecule has 0 aliphatic carbocycles. The Morgan fingerprint density at radius 2 is 2.18 bits per heavy atom. The zero-order chi connectivity index (χ0) is 12.6. The second-order valence-electron chi connectivity index (χ2n) is 3.59. The van der Waals surface area contributed by atoms with Crippen molar-refractivity contribution < 1.29 is 27.8 Å². The summed E-state index contributed by atoms with van der Waals surface area (Å²) in [5.74, 6) is -1.40. The van der Waals surface area contributed by atoms with E-state index in [0.717, 1.165) is 0 Å². The molecule has 2 heterocycles. The molecule has 1 aromatic heterocycles. The number of carboxylic acid groups (broad SMARTS) is 1. The number of carbonyl (C=O) groups is 1. The highest BCUT2D eigenvalue weighted by molar-refractivity contribution is 5.89. The number of pyridine rings is 1. The Morgan fingerprint density at radius 1 is 1.47 bits per heavy atom. The first-order valence-corrected chi connectivity index (χ1v) is 4.80. The quantitative estimate of drug-likeness (QED) is 0.823. The van der Waals surface area contributed by atoms with E-state index in [4.69, 9.17) is 9.84 Å². The molecule has 7 heteroatoms. The maximum atomic E-state index is 12.5. The fraction of sp³-hybridized carbons (Fsp3) is 0.400. The number of aromatic nitrogens is 1. The van der Waals surface area contributed by atoms with Gasteiger partial charge >= 0.3 is 12.1 Å². The monoisotopic (exact) mass is 247 g/mol. The van der Waals surface area contributed by atoms with Crippen molar-refractivity contribution in [2.24, 2.45) is 0 Å². The van der Waals surface area contributed by atoms with Gasteiger partial charge in [0.15, 0.2) is 0 Å².